The van der Waals surface area contributed by atoms with E-state index in [4.69, 9.17) is 4.74 Å². The summed E-state index contributed by atoms with van der Waals surface area (Å²) in [4.78, 5) is 13.1. The number of hydrazone groups is 1. The monoisotopic (exact) mass is 513 g/mol. The number of anilines is 1. The first-order valence-corrected chi connectivity index (χ1v) is 14.4. The van der Waals surface area contributed by atoms with Crippen molar-refractivity contribution >= 4 is 27.3 Å². The maximum atomic E-state index is 13.6. The van der Waals surface area contributed by atoms with Crippen molar-refractivity contribution in [2.24, 2.45) is 5.10 Å². The zero-order valence-electron chi connectivity index (χ0n) is 21.5. The largest absolute Gasteiger partial charge is 0.495 e. The van der Waals surface area contributed by atoms with Crippen molar-refractivity contribution in [1.82, 2.24) is 5.43 Å². The molecule has 0 saturated heterocycles. The molecule has 7 nitrogen and oxygen atoms in total. The predicted octanol–water partition coefficient (Wildman–Crippen LogP) is 5.98. The molecule has 0 heterocycles. The Hall–Kier alpha value is -2.87. The zero-order chi connectivity index (χ0) is 25.8. The Morgan fingerprint density at radius 3 is 2.08 bits per heavy atom. The average molecular weight is 514 g/mol. The van der Waals surface area contributed by atoms with E-state index in [0.29, 0.717) is 11.4 Å². The molecule has 2 aromatic carbocycles. The summed E-state index contributed by atoms with van der Waals surface area (Å²) in [6, 6.07) is 13.4. The van der Waals surface area contributed by atoms with Gasteiger partial charge in [0.25, 0.3) is 15.9 Å². The summed E-state index contributed by atoms with van der Waals surface area (Å²) in [5.41, 5.74) is 4.79. The molecule has 36 heavy (non-hydrogen) atoms. The van der Waals surface area contributed by atoms with Crippen LogP contribution >= 0.6 is 0 Å². The number of aryl methyl sites for hydroxylation is 1. The lowest BCUT2D eigenvalue weighted by Crippen LogP contribution is -2.40. The third-order valence-electron chi connectivity index (χ3n) is 6.49. The Kier molecular flexibility index (Phi) is 10.8. The third kappa shape index (κ3) is 8.08. The topological polar surface area (TPSA) is 88.1 Å². The average Bonchev–Trinajstić information content (AvgIpc) is 2.87. The van der Waals surface area contributed by atoms with E-state index in [9.17, 15) is 13.2 Å². The van der Waals surface area contributed by atoms with Crippen LogP contribution in [0.3, 0.4) is 0 Å². The van der Waals surface area contributed by atoms with Gasteiger partial charge in [-0.3, -0.25) is 9.10 Å². The molecule has 1 N–H and O–H groups in total. The number of rotatable bonds is 7. The normalized spacial score (nSPS) is 15.8. The molecule has 1 aliphatic rings. The van der Waals surface area contributed by atoms with Crippen molar-refractivity contribution in [3.8, 4) is 5.75 Å². The smallest absolute Gasteiger partial charge is 0.264 e. The van der Waals surface area contributed by atoms with Crippen LogP contribution in [0.4, 0.5) is 5.69 Å². The van der Waals surface area contributed by atoms with Gasteiger partial charge in [-0.15, -0.1) is 0 Å². The fourth-order valence-electron chi connectivity index (χ4n) is 4.45. The van der Waals surface area contributed by atoms with Gasteiger partial charge in [-0.25, -0.2) is 13.8 Å². The van der Waals surface area contributed by atoms with Gasteiger partial charge in [0, 0.05) is 5.71 Å². The van der Waals surface area contributed by atoms with Gasteiger partial charge in [-0.2, -0.15) is 5.10 Å². The van der Waals surface area contributed by atoms with Crippen LogP contribution in [-0.2, 0) is 14.8 Å². The van der Waals surface area contributed by atoms with E-state index in [2.05, 4.69) is 10.5 Å². The quantitative estimate of drug-likeness (QED) is 0.462. The predicted molar refractivity (Wildman–Crippen MR) is 145 cm³/mol. The summed E-state index contributed by atoms with van der Waals surface area (Å²) in [7, 11) is -2.54. The van der Waals surface area contributed by atoms with Crippen molar-refractivity contribution in [2.45, 2.75) is 82.4 Å². The number of carbonyl (C=O) groups is 1. The first-order valence-electron chi connectivity index (χ1n) is 13.0. The Labute approximate surface area is 216 Å². The maximum absolute atomic E-state index is 13.6. The van der Waals surface area contributed by atoms with Crippen molar-refractivity contribution in [1.29, 1.82) is 0 Å². The number of hydrogen-bond donors (Lipinski definition) is 1. The van der Waals surface area contributed by atoms with Crippen molar-refractivity contribution < 1.29 is 17.9 Å². The van der Waals surface area contributed by atoms with E-state index < -0.39 is 22.5 Å². The van der Waals surface area contributed by atoms with Crippen LogP contribution in [0.5, 0.6) is 5.75 Å². The van der Waals surface area contributed by atoms with Gasteiger partial charge in [0.15, 0.2) is 0 Å². The summed E-state index contributed by atoms with van der Waals surface area (Å²) in [6.45, 7) is 1.46. The molecule has 1 amide bonds. The van der Waals surface area contributed by atoms with E-state index >= 15 is 0 Å². The van der Waals surface area contributed by atoms with Gasteiger partial charge in [0.1, 0.15) is 12.3 Å². The highest BCUT2D eigenvalue weighted by molar-refractivity contribution is 7.92. The summed E-state index contributed by atoms with van der Waals surface area (Å²) < 4.78 is 33.8. The van der Waals surface area contributed by atoms with Gasteiger partial charge in [-0.05, 0) is 62.4 Å². The zero-order valence-corrected chi connectivity index (χ0v) is 22.4. The van der Waals surface area contributed by atoms with Crippen LogP contribution in [0.1, 0.15) is 76.2 Å². The lowest BCUT2D eigenvalue weighted by molar-refractivity contribution is -0.119. The second-order valence-corrected chi connectivity index (χ2v) is 11.3. The van der Waals surface area contributed by atoms with Gasteiger partial charge in [-0.1, -0.05) is 69.2 Å². The van der Waals surface area contributed by atoms with Crippen LogP contribution in [0.15, 0.2) is 58.5 Å². The van der Waals surface area contributed by atoms with Gasteiger partial charge >= 0.3 is 0 Å². The third-order valence-corrected chi connectivity index (χ3v) is 8.26. The van der Waals surface area contributed by atoms with E-state index in [-0.39, 0.29) is 4.90 Å². The molecule has 0 radical (unpaired) electrons. The van der Waals surface area contributed by atoms with E-state index in [1.807, 2.05) is 13.0 Å². The number of ether oxygens (including phenoxy) is 1. The minimum absolute atomic E-state index is 0.104. The van der Waals surface area contributed by atoms with E-state index in [0.717, 1.165) is 41.3 Å². The molecule has 0 bridgehead atoms. The van der Waals surface area contributed by atoms with Crippen LogP contribution in [-0.4, -0.2) is 33.7 Å². The summed E-state index contributed by atoms with van der Waals surface area (Å²) in [6.07, 6.45) is 12.6. The standard InChI is InChI=1S/C28H39N3O4S/c1-23-19-20-27(35-2)26(21-23)31(36(33,34)25-17-13-10-14-18-25)22-28(32)30-29-24-15-11-8-6-4-3-5-7-9-12-16-24/h10,13-14,17-21H,3-9,11-12,15-16,22H2,1-2H3,(H,30,32). The van der Waals surface area contributed by atoms with Crippen LogP contribution in [0, 0.1) is 6.92 Å². The second-order valence-electron chi connectivity index (χ2n) is 9.40. The lowest BCUT2D eigenvalue weighted by Gasteiger charge is -2.25. The van der Waals surface area contributed by atoms with E-state index in [1.54, 1.807) is 30.3 Å². The molecule has 1 fully saturated rings. The van der Waals surface area contributed by atoms with Gasteiger partial charge < -0.3 is 4.74 Å². The molecule has 0 aliphatic heterocycles. The van der Waals surface area contributed by atoms with Crippen molar-refractivity contribution in [3.05, 3.63) is 54.1 Å². The van der Waals surface area contributed by atoms with Crippen LogP contribution in [0.2, 0.25) is 0 Å². The molecule has 0 spiro atoms. The summed E-state index contributed by atoms with van der Waals surface area (Å²) in [5, 5.41) is 4.44. The molecular formula is C28H39N3O4S. The molecule has 1 aliphatic carbocycles. The Morgan fingerprint density at radius 1 is 0.917 bits per heavy atom. The fraction of sp³-hybridized carbons (Fsp3) is 0.500. The van der Waals surface area contributed by atoms with E-state index in [1.165, 1.54) is 64.2 Å². The number of nitrogens with one attached hydrogen (secondary N) is 1. The maximum Gasteiger partial charge on any atom is 0.264 e. The highest BCUT2D eigenvalue weighted by atomic mass is 32.2. The van der Waals surface area contributed by atoms with Crippen LogP contribution < -0.4 is 14.5 Å². The SMILES string of the molecule is COc1ccc(C)cc1N(CC(=O)NN=C1CCCCCCCCCCC1)S(=O)(=O)c1ccccc1. The number of sulfonamides is 1. The Morgan fingerprint density at radius 2 is 1.50 bits per heavy atom. The number of methoxy groups -OCH3 is 1. The molecule has 8 heteroatoms. The summed E-state index contributed by atoms with van der Waals surface area (Å²) >= 11 is 0. The number of amides is 1. The molecular weight excluding hydrogens is 474 g/mol. The lowest BCUT2D eigenvalue weighted by atomic mass is 10.00. The Bertz CT molecular complexity index is 1100. The number of carbonyl (C=O) groups excluding carboxylic acids is 1. The van der Waals surface area contributed by atoms with Crippen molar-refractivity contribution in [2.75, 3.05) is 18.0 Å². The fourth-order valence-corrected chi connectivity index (χ4v) is 5.90. The molecule has 0 unspecified atom stereocenters. The van der Waals surface area contributed by atoms with Crippen molar-refractivity contribution in [3.63, 3.8) is 0 Å². The first-order chi connectivity index (χ1) is 17.4. The molecule has 0 atom stereocenters. The highest BCUT2D eigenvalue weighted by Crippen LogP contribution is 2.33. The van der Waals surface area contributed by atoms with Crippen LogP contribution in [0.25, 0.3) is 0 Å². The molecule has 196 valence electrons. The summed E-state index contributed by atoms with van der Waals surface area (Å²) in [5.74, 6) is -0.116. The number of nitrogens with zero attached hydrogens (tertiary/aromatic N) is 2. The van der Waals surface area contributed by atoms with Gasteiger partial charge in [0.2, 0.25) is 0 Å². The number of hydrogen-bond acceptors (Lipinski definition) is 5. The molecule has 3 rings (SSSR count). The molecule has 2 aromatic rings. The number of benzene rings is 2. The molecule has 0 aromatic heterocycles. The minimum atomic E-state index is -4.02. The first kappa shape index (κ1) is 27.7. The molecule has 1 saturated carbocycles. The Balaban J connectivity index is 1.82. The second kappa shape index (κ2) is 14.0. The highest BCUT2D eigenvalue weighted by Gasteiger charge is 2.29. The van der Waals surface area contributed by atoms with Gasteiger partial charge in [0.05, 0.1) is 17.7 Å². The minimum Gasteiger partial charge on any atom is -0.495 e.